The Labute approximate surface area is 189 Å². The van der Waals surface area contributed by atoms with Crippen molar-refractivity contribution in [3.05, 3.63) is 114 Å². The van der Waals surface area contributed by atoms with Gasteiger partial charge in [0.25, 0.3) is 0 Å². The minimum Gasteiger partial charge on any atom is -0.507 e. The molecule has 1 aliphatic carbocycles. The van der Waals surface area contributed by atoms with Gasteiger partial charge in [0.1, 0.15) is 11.5 Å². The van der Waals surface area contributed by atoms with E-state index in [1.807, 2.05) is 72.8 Å². The van der Waals surface area contributed by atoms with Gasteiger partial charge < -0.3 is 10.2 Å². The molecule has 0 aromatic heterocycles. The first kappa shape index (κ1) is 20.1. The molecule has 0 saturated heterocycles. The first-order valence-corrected chi connectivity index (χ1v) is 11.2. The molecule has 4 aromatic carbocycles. The van der Waals surface area contributed by atoms with Crippen LogP contribution in [0.4, 0.5) is 0 Å². The molecular formula is C30H26O2. The van der Waals surface area contributed by atoms with E-state index in [0.29, 0.717) is 17.4 Å². The third-order valence-corrected chi connectivity index (χ3v) is 6.44. The van der Waals surface area contributed by atoms with Gasteiger partial charge >= 0.3 is 0 Å². The molecule has 1 unspecified atom stereocenters. The van der Waals surface area contributed by atoms with Crippen LogP contribution in [-0.4, -0.2) is 10.2 Å². The molecule has 0 heterocycles. The first-order valence-electron chi connectivity index (χ1n) is 11.2. The monoisotopic (exact) mass is 418 g/mol. The fraction of sp³-hybridized carbons (Fsp3) is 0.133. The van der Waals surface area contributed by atoms with Gasteiger partial charge in [0.05, 0.1) is 0 Å². The maximum atomic E-state index is 10.4. The number of hydrogen-bond donors (Lipinski definition) is 2. The van der Waals surface area contributed by atoms with Crippen molar-refractivity contribution < 1.29 is 10.2 Å². The predicted molar refractivity (Wildman–Crippen MR) is 132 cm³/mol. The zero-order valence-electron chi connectivity index (χ0n) is 17.9. The van der Waals surface area contributed by atoms with Crippen molar-refractivity contribution in [1.82, 2.24) is 0 Å². The normalized spacial score (nSPS) is 15.9. The van der Waals surface area contributed by atoms with Crippen LogP contribution in [0.5, 0.6) is 11.5 Å². The predicted octanol–water partition coefficient (Wildman–Crippen LogP) is 7.78. The molecule has 1 atom stereocenters. The van der Waals surface area contributed by atoms with Crippen LogP contribution in [0.1, 0.15) is 36.3 Å². The standard InChI is InChI=1S/C30H26O2/c31-29-17-15-25(19-27(29)23-7-3-1-4-8-23)21-11-13-22(14-12-21)26-16-18-30(32)28(20-26)24-9-5-2-6-10-24/h1-11,15-20,22,31-32H,12-14H2. The summed E-state index contributed by atoms with van der Waals surface area (Å²) in [5.74, 6) is 1.07. The highest BCUT2D eigenvalue weighted by Gasteiger charge is 2.19. The first-order chi connectivity index (χ1) is 15.7. The van der Waals surface area contributed by atoms with Crippen LogP contribution in [0.25, 0.3) is 27.8 Å². The van der Waals surface area contributed by atoms with E-state index in [9.17, 15) is 10.2 Å². The fourth-order valence-electron chi connectivity index (χ4n) is 4.64. The summed E-state index contributed by atoms with van der Waals surface area (Å²) in [7, 11) is 0. The summed E-state index contributed by atoms with van der Waals surface area (Å²) < 4.78 is 0. The molecule has 0 bridgehead atoms. The minimum atomic E-state index is 0.312. The number of hydrogen-bond acceptors (Lipinski definition) is 2. The highest BCUT2D eigenvalue weighted by atomic mass is 16.3. The highest BCUT2D eigenvalue weighted by molar-refractivity contribution is 5.77. The zero-order valence-corrected chi connectivity index (χ0v) is 17.9. The van der Waals surface area contributed by atoms with Gasteiger partial charge in [-0.25, -0.2) is 0 Å². The topological polar surface area (TPSA) is 40.5 Å². The van der Waals surface area contributed by atoms with E-state index >= 15 is 0 Å². The highest BCUT2D eigenvalue weighted by Crippen LogP contribution is 2.40. The van der Waals surface area contributed by atoms with Gasteiger partial charge in [0.15, 0.2) is 0 Å². The quantitative estimate of drug-likeness (QED) is 0.355. The van der Waals surface area contributed by atoms with Crippen molar-refractivity contribution in [3.63, 3.8) is 0 Å². The van der Waals surface area contributed by atoms with Gasteiger partial charge in [-0.1, -0.05) is 78.9 Å². The number of phenols is 2. The average Bonchev–Trinajstić information content (AvgIpc) is 2.86. The lowest BCUT2D eigenvalue weighted by molar-refractivity contribution is 0.476. The van der Waals surface area contributed by atoms with Gasteiger partial charge in [-0.3, -0.25) is 0 Å². The van der Waals surface area contributed by atoms with Gasteiger partial charge in [-0.05, 0) is 77.3 Å². The van der Waals surface area contributed by atoms with E-state index in [0.717, 1.165) is 41.5 Å². The molecule has 0 spiro atoms. The Morgan fingerprint density at radius 3 is 1.78 bits per heavy atom. The Morgan fingerprint density at radius 1 is 0.594 bits per heavy atom. The van der Waals surface area contributed by atoms with Crippen LogP contribution in [-0.2, 0) is 0 Å². The smallest absolute Gasteiger partial charge is 0.123 e. The van der Waals surface area contributed by atoms with Crippen molar-refractivity contribution >= 4 is 5.57 Å². The Hall–Kier alpha value is -3.78. The van der Waals surface area contributed by atoms with E-state index in [1.54, 1.807) is 6.07 Å². The second kappa shape index (κ2) is 8.76. The summed E-state index contributed by atoms with van der Waals surface area (Å²) in [6.07, 6.45) is 5.36. The maximum absolute atomic E-state index is 10.4. The molecule has 0 saturated carbocycles. The lowest BCUT2D eigenvalue weighted by Gasteiger charge is -2.24. The van der Waals surface area contributed by atoms with Crippen LogP contribution in [0.3, 0.4) is 0 Å². The van der Waals surface area contributed by atoms with Crippen LogP contribution in [0, 0.1) is 0 Å². The molecule has 1 aliphatic rings. The van der Waals surface area contributed by atoms with Gasteiger partial charge in [0.2, 0.25) is 0 Å². The summed E-state index contributed by atoms with van der Waals surface area (Å²) >= 11 is 0. The van der Waals surface area contributed by atoms with Crippen molar-refractivity contribution in [1.29, 1.82) is 0 Å². The summed E-state index contributed by atoms with van der Waals surface area (Å²) in [6.45, 7) is 0. The Bertz CT molecular complexity index is 1260. The lowest BCUT2D eigenvalue weighted by Crippen LogP contribution is -2.04. The molecule has 0 fully saturated rings. The molecule has 0 amide bonds. The zero-order chi connectivity index (χ0) is 21.9. The summed E-state index contributed by atoms with van der Waals surface area (Å²) in [6, 6.07) is 32.0. The largest absolute Gasteiger partial charge is 0.507 e. The SMILES string of the molecule is Oc1ccc(C2=CCC(c3ccc(O)c(-c4ccccc4)c3)CC2)cc1-c1ccccc1. The fourth-order valence-corrected chi connectivity index (χ4v) is 4.64. The Morgan fingerprint density at radius 2 is 1.19 bits per heavy atom. The van der Waals surface area contributed by atoms with E-state index in [2.05, 4.69) is 24.3 Å². The average molecular weight is 419 g/mol. The van der Waals surface area contributed by atoms with Crippen LogP contribution < -0.4 is 0 Å². The molecule has 2 heteroatoms. The second-order valence-corrected chi connectivity index (χ2v) is 8.44. The Balaban J connectivity index is 1.39. The van der Waals surface area contributed by atoms with E-state index in [1.165, 1.54) is 16.7 Å². The summed E-state index contributed by atoms with van der Waals surface area (Å²) in [5.41, 5.74) is 7.61. The van der Waals surface area contributed by atoms with Crippen molar-refractivity contribution in [2.24, 2.45) is 0 Å². The third-order valence-electron chi connectivity index (χ3n) is 6.44. The molecule has 2 N–H and O–H groups in total. The summed E-state index contributed by atoms with van der Waals surface area (Å²) in [5, 5.41) is 20.8. The van der Waals surface area contributed by atoms with Crippen molar-refractivity contribution in [2.45, 2.75) is 25.2 Å². The molecule has 5 rings (SSSR count). The number of allylic oxidation sites excluding steroid dienone is 2. The number of benzene rings is 4. The van der Waals surface area contributed by atoms with E-state index < -0.39 is 0 Å². The lowest BCUT2D eigenvalue weighted by atomic mass is 9.81. The van der Waals surface area contributed by atoms with Crippen LogP contribution >= 0.6 is 0 Å². The van der Waals surface area contributed by atoms with Crippen LogP contribution in [0.2, 0.25) is 0 Å². The van der Waals surface area contributed by atoms with Crippen molar-refractivity contribution in [2.75, 3.05) is 0 Å². The Kier molecular flexibility index (Phi) is 5.51. The van der Waals surface area contributed by atoms with E-state index in [-0.39, 0.29) is 0 Å². The molecular weight excluding hydrogens is 392 g/mol. The number of rotatable bonds is 4. The molecule has 158 valence electrons. The number of aromatic hydroxyl groups is 2. The summed E-state index contributed by atoms with van der Waals surface area (Å²) in [4.78, 5) is 0. The molecule has 4 aromatic rings. The van der Waals surface area contributed by atoms with E-state index in [4.69, 9.17) is 0 Å². The third kappa shape index (κ3) is 4.04. The van der Waals surface area contributed by atoms with Gasteiger partial charge in [-0.15, -0.1) is 0 Å². The number of phenolic OH excluding ortho intramolecular Hbond substituents is 2. The molecule has 0 aliphatic heterocycles. The second-order valence-electron chi connectivity index (χ2n) is 8.44. The van der Waals surface area contributed by atoms with Gasteiger partial charge in [0, 0.05) is 11.1 Å². The van der Waals surface area contributed by atoms with Crippen LogP contribution in [0.15, 0.2) is 103 Å². The molecule has 0 radical (unpaired) electrons. The van der Waals surface area contributed by atoms with Gasteiger partial charge in [-0.2, -0.15) is 0 Å². The van der Waals surface area contributed by atoms with Crippen molar-refractivity contribution in [3.8, 4) is 33.8 Å². The molecule has 32 heavy (non-hydrogen) atoms. The maximum Gasteiger partial charge on any atom is 0.123 e. The molecule has 2 nitrogen and oxygen atoms in total. The minimum absolute atomic E-state index is 0.312.